The number of hydrogen-bond acceptors (Lipinski definition) is 4. The summed E-state index contributed by atoms with van der Waals surface area (Å²) in [7, 11) is 0. The number of anilines is 2. The predicted molar refractivity (Wildman–Crippen MR) is 112 cm³/mol. The summed E-state index contributed by atoms with van der Waals surface area (Å²) in [6.07, 6.45) is 6.52. The smallest absolute Gasteiger partial charge is 0.144 e. The van der Waals surface area contributed by atoms with E-state index in [0.29, 0.717) is 0 Å². The second-order valence-electron chi connectivity index (χ2n) is 7.10. The predicted octanol–water partition coefficient (Wildman–Crippen LogP) is 4.87. The van der Waals surface area contributed by atoms with Crippen LogP contribution in [0.25, 0.3) is 33.1 Å². The van der Waals surface area contributed by atoms with Crippen LogP contribution in [0, 0.1) is 0 Å². The number of benzene rings is 2. The second-order valence-corrected chi connectivity index (χ2v) is 7.10. The number of nitrogens with one attached hydrogen (secondary N) is 1. The van der Waals surface area contributed by atoms with Crippen LogP contribution in [-0.4, -0.2) is 26.5 Å². The average Bonchev–Trinajstić information content (AvgIpc) is 3.39. The van der Waals surface area contributed by atoms with Gasteiger partial charge in [-0.25, -0.2) is 15.0 Å². The molecule has 4 heterocycles. The van der Waals surface area contributed by atoms with E-state index in [4.69, 9.17) is 0 Å². The van der Waals surface area contributed by atoms with E-state index in [1.807, 2.05) is 18.5 Å². The number of para-hydroxylation sites is 1. The molecule has 0 saturated carbocycles. The zero-order valence-corrected chi connectivity index (χ0v) is 15.1. The Morgan fingerprint density at radius 2 is 1.86 bits per heavy atom. The second kappa shape index (κ2) is 5.89. The lowest BCUT2D eigenvalue weighted by Crippen LogP contribution is -2.15. The van der Waals surface area contributed by atoms with Gasteiger partial charge in [0.15, 0.2) is 0 Å². The van der Waals surface area contributed by atoms with Gasteiger partial charge in [-0.2, -0.15) is 0 Å². The monoisotopic (exact) mass is 363 g/mol. The van der Waals surface area contributed by atoms with E-state index in [0.717, 1.165) is 51.8 Å². The summed E-state index contributed by atoms with van der Waals surface area (Å²) in [4.78, 5) is 19.1. The van der Waals surface area contributed by atoms with Crippen LogP contribution in [-0.2, 0) is 6.42 Å². The van der Waals surface area contributed by atoms with Crippen LogP contribution in [0.1, 0.15) is 5.56 Å². The van der Waals surface area contributed by atoms with E-state index in [9.17, 15) is 0 Å². The topological polar surface area (TPSA) is 57.7 Å². The Kier molecular flexibility index (Phi) is 3.23. The third kappa shape index (κ3) is 2.29. The highest BCUT2D eigenvalue weighted by Gasteiger charge is 2.22. The maximum absolute atomic E-state index is 4.66. The first-order chi connectivity index (χ1) is 13.9. The number of aromatic amines is 1. The van der Waals surface area contributed by atoms with Crippen molar-refractivity contribution in [3.05, 3.63) is 78.9 Å². The van der Waals surface area contributed by atoms with E-state index < -0.39 is 0 Å². The highest BCUT2D eigenvalue weighted by molar-refractivity contribution is 5.95. The van der Waals surface area contributed by atoms with Crippen molar-refractivity contribution in [3.8, 4) is 11.1 Å². The number of hydrogen-bond donors (Lipinski definition) is 1. The number of pyridine rings is 1. The van der Waals surface area contributed by atoms with Gasteiger partial charge in [0.1, 0.15) is 17.8 Å². The number of rotatable bonds is 2. The van der Waals surface area contributed by atoms with E-state index >= 15 is 0 Å². The van der Waals surface area contributed by atoms with Gasteiger partial charge in [0.05, 0.1) is 5.52 Å². The van der Waals surface area contributed by atoms with Crippen LogP contribution >= 0.6 is 0 Å². The van der Waals surface area contributed by atoms with Crippen molar-refractivity contribution < 1.29 is 0 Å². The molecule has 0 unspecified atom stereocenters. The molecule has 6 rings (SSSR count). The number of aromatic nitrogens is 4. The van der Waals surface area contributed by atoms with Gasteiger partial charge in [-0.1, -0.05) is 24.3 Å². The summed E-state index contributed by atoms with van der Waals surface area (Å²) in [5, 5.41) is 2.17. The summed E-state index contributed by atoms with van der Waals surface area (Å²) in [5.41, 5.74) is 6.67. The molecule has 0 spiro atoms. The molecule has 2 aromatic carbocycles. The third-order valence-corrected chi connectivity index (χ3v) is 5.49. The lowest BCUT2D eigenvalue weighted by molar-refractivity contribution is 0.975. The molecule has 5 heteroatoms. The van der Waals surface area contributed by atoms with Crippen LogP contribution in [0.2, 0.25) is 0 Å². The van der Waals surface area contributed by atoms with E-state index in [-0.39, 0.29) is 0 Å². The Morgan fingerprint density at radius 1 is 0.893 bits per heavy atom. The average molecular weight is 363 g/mol. The van der Waals surface area contributed by atoms with Crippen LogP contribution in [0.3, 0.4) is 0 Å². The molecule has 1 aliphatic heterocycles. The van der Waals surface area contributed by atoms with Gasteiger partial charge < -0.3 is 9.88 Å². The van der Waals surface area contributed by atoms with E-state index in [2.05, 4.69) is 73.4 Å². The molecule has 0 fully saturated rings. The summed E-state index contributed by atoms with van der Waals surface area (Å²) in [5.74, 6) is 0.965. The minimum Gasteiger partial charge on any atom is -0.346 e. The molecular formula is C23H17N5. The SMILES string of the molecule is c1ccc2c(c1)CCN2c1ncnc2ccc(-c3cnc4[nH]ccc4c3)cc12. The molecule has 0 amide bonds. The van der Waals surface area contributed by atoms with Crippen molar-refractivity contribution in [3.63, 3.8) is 0 Å². The molecule has 0 radical (unpaired) electrons. The van der Waals surface area contributed by atoms with Gasteiger partial charge in [-0.15, -0.1) is 0 Å². The molecule has 1 N–H and O–H groups in total. The first kappa shape index (κ1) is 15.3. The van der Waals surface area contributed by atoms with E-state index in [1.165, 1.54) is 11.3 Å². The van der Waals surface area contributed by atoms with Crippen molar-refractivity contribution in [1.82, 2.24) is 19.9 Å². The molecule has 0 saturated heterocycles. The largest absolute Gasteiger partial charge is 0.346 e. The Bertz CT molecular complexity index is 1340. The van der Waals surface area contributed by atoms with Crippen LogP contribution in [0.4, 0.5) is 11.5 Å². The lowest BCUT2D eigenvalue weighted by atomic mass is 10.0. The van der Waals surface area contributed by atoms with E-state index in [1.54, 1.807) is 6.33 Å². The lowest BCUT2D eigenvalue weighted by Gasteiger charge is -2.20. The standard InChI is InChI=1S/C23H17N5/c1-2-4-21-15(3-1)8-10-28(21)23-19-12-16(5-6-20(19)26-14-27-23)18-11-17-7-9-24-22(17)25-13-18/h1-7,9,11-14H,8,10H2,(H,24,25). The zero-order chi connectivity index (χ0) is 18.5. The molecule has 5 nitrogen and oxygen atoms in total. The van der Waals surface area contributed by atoms with Crippen molar-refractivity contribution in [2.45, 2.75) is 6.42 Å². The Labute approximate surface area is 161 Å². The highest BCUT2D eigenvalue weighted by Crippen LogP contribution is 2.37. The summed E-state index contributed by atoms with van der Waals surface area (Å²) in [6, 6.07) is 19.1. The first-order valence-electron chi connectivity index (χ1n) is 9.40. The zero-order valence-electron chi connectivity index (χ0n) is 15.1. The molecular weight excluding hydrogens is 346 g/mol. The van der Waals surface area contributed by atoms with Gasteiger partial charge in [-0.05, 0) is 47.9 Å². The quantitative estimate of drug-likeness (QED) is 0.486. The molecule has 0 bridgehead atoms. The number of fused-ring (bicyclic) bond motifs is 3. The van der Waals surface area contributed by atoms with Gasteiger partial charge >= 0.3 is 0 Å². The third-order valence-electron chi connectivity index (χ3n) is 5.49. The molecule has 1 aliphatic rings. The van der Waals surface area contributed by atoms with Gasteiger partial charge in [0.2, 0.25) is 0 Å². The fourth-order valence-electron chi connectivity index (χ4n) is 4.09. The maximum Gasteiger partial charge on any atom is 0.144 e. The summed E-state index contributed by atoms with van der Waals surface area (Å²) in [6.45, 7) is 0.937. The first-order valence-corrected chi connectivity index (χ1v) is 9.40. The summed E-state index contributed by atoms with van der Waals surface area (Å²) >= 11 is 0. The molecule has 0 atom stereocenters. The number of nitrogens with zero attached hydrogens (tertiary/aromatic N) is 4. The summed E-state index contributed by atoms with van der Waals surface area (Å²) < 4.78 is 0. The molecule has 134 valence electrons. The highest BCUT2D eigenvalue weighted by atomic mass is 15.2. The van der Waals surface area contributed by atoms with Crippen molar-refractivity contribution in [2.75, 3.05) is 11.4 Å². The van der Waals surface area contributed by atoms with Crippen molar-refractivity contribution in [1.29, 1.82) is 0 Å². The minimum atomic E-state index is 0.905. The molecule has 0 aliphatic carbocycles. The Balaban J connectivity index is 1.52. The Hall–Kier alpha value is -3.73. The normalized spacial score (nSPS) is 13.4. The van der Waals surface area contributed by atoms with Crippen LogP contribution < -0.4 is 4.90 Å². The minimum absolute atomic E-state index is 0.905. The van der Waals surface area contributed by atoms with Gasteiger partial charge in [-0.3, -0.25) is 0 Å². The number of H-pyrrole nitrogens is 1. The Morgan fingerprint density at radius 3 is 2.86 bits per heavy atom. The fourth-order valence-corrected chi connectivity index (χ4v) is 4.09. The molecule has 5 aromatic rings. The van der Waals surface area contributed by atoms with Crippen LogP contribution in [0.15, 0.2) is 73.3 Å². The van der Waals surface area contributed by atoms with Gasteiger partial charge in [0, 0.05) is 41.0 Å². The molecule has 28 heavy (non-hydrogen) atoms. The fraction of sp³-hybridized carbons (Fsp3) is 0.0870. The maximum atomic E-state index is 4.66. The van der Waals surface area contributed by atoms with Crippen molar-refractivity contribution in [2.24, 2.45) is 0 Å². The molecule has 3 aromatic heterocycles. The van der Waals surface area contributed by atoms with Crippen LogP contribution in [0.5, 0.6) is 0 Å². The van der Waals surface area contributed by atoms with Crippen molar-refractivity contribution >= 4 is 33.4 Å². The van der Waals surface area contributed by atoms with Gasteiger partial charge in [0.25, 0.3) is 0 Å².